The van der Waals surface area contributed by atoms with Gasteiger partial charge >= 0.3 is 0 Å². The molecule has 1 amide bonds. The second-order valence-electron chi connectivity index (χ2n) is 9.65. The van der Waals surface area contributed by atoms with Crippen LogP contribution in [0.25, 0.3) is 11.0 Å². The molecule has 0 saturated carbocycles. The molecule has 4 rings (SSSR count). The van der Waals surface area contributed by atoms with Gasteiger partial charge in [0.05, 0.1) is 24.8 Å². The van der Waals surface area contributed by atoms with Gasteiger partial charge in [-0.1, -0.05) is 38.1 Å². The molecule has 0 spiro atoms. The zero-order valence-corrected chi connectivity index (χ0v) is 22.3. The molecule has 0 bridgehead atoms. The third-order valence-electron chi connectivity index (χ3n) is 6.52. The summed E-state index contributed by atoms with van der Waals surface area (Å²) >= 11 is 0. The van der Waals surface area contributed by atoms with Crippen LogP contribution in [0.4, 0.5) is 0 Å². The molecule has 0 fully saturated rings. The highest BCUT2D eigenvalue weighted by atomic mass is 16.5. The highest BCUT2D eigenvalue weighted by Gasteiger charge is 2.12. The molecular formula is C31H37N3O3. The summed E-state index contributed by atoms with van der Waals surface area (Å²) in [4.78, 5) is 17.3. The molecule has 4 aromatic rings. The number of imidazole rings is 1. The van der Waals surface area contributed by atoms with Crippen LogP contribution in [0, 0.1) is 6.92 Å². The number of hydrogen-bond donors (Lipinski definition) is 1. The number of aryl methyl sites for hydroxylation is 3. The third kappa shape index (κ3) is 6.70. The Morgan fingerprint density at radius 1 is 1.03 bits per heavy atom. The van der Waals surface area contributed by atoms with Crippen molar-refractivity contribution in [1.82, 2.24) is 14.9 Å². The molecule has 37 heavy (non-hydrogen) atoms. The quantitative estimate of drug-likeness (QED) is 0.232. The van der Waals surface area contributed by atoms with Crippen LogP contribution in [0.1, 0.15) is 59.9 Å². The Balaban J connectivity index is 1.34. The topological polar surface area (TPSA) is 65.4 Å². The number of aromatic nitrogens is 2. The second kappa shape index (κ2) is 12.4. The van der Waals surface area contributed by atoms with Crippen molar-refractivity contribution in [2.75, 3.05) is 20.3 Å². The van der Waals surface area contributed by atoms with Gasteiger partial charge in [-0.2, -0.15) is 0 Å². The number of para-hydroxylation sites is 2. The first-order valence-corrected chi connectivity index (χ1v) is 13.1. The van der Waals surface area contributed by atoms with Crippen molar-refractivity contribution in [2.45, 2.75) is 52.5 Å². The smallest absolute Gasteiger partial charge is 0.251 e. The zero-order chi connectivity index (χ0) is 26.2. The number of methoxy groups -OCH3 is 1. The molecule has 0 unspecified atom stereocenters. The maximum atomic E-state index is 12.5. The van der Waals surface area contributed by atoms with Crippen molar-refractivity contribution >= 4 is 16.9 Å². The number of benzene rings is 3. The maximum Gasteiger partial charge on any atom is 0.251 e. The van der Waals surface area contributed by atoms with E-state index in [1.54, 1.807) is 31.4 Å². The predicted molar refractivity (Wildman–Crippen MR) is 149 cm³/mol. The van der Waals surface area contributed by atoms with E-state index in [9.17, 15) is 4.79 Å². The van der Waals surface area contributed by atoms with Crippen molar-refractivity contribution in [2.24, 2.45) is 0 Å². The SMILES string of the molecule is COc1ccc(C(=O)NCCCc2nc3ccccc3n2CCCOc2cc(C)ccc2C(C)C)cc1. The van der Waals surface area contributed by atoms with E-state index in [0.717, 1.165) is 54.2 Å². The van der Waals surface area contributed by atoms with Gasteiger partial charge in [0.1, 0.15) is 17.3 Å². The summed E-state index contributed by atoms with van der Waals surface area (Å²) in [6.45, 7) is 8.55. The number of amides is 1. The summed E-state index contributed by atoms with van der Waals surface area (Å²) < 4.78 is 13.7. The number of fused-ring (bicyclic) bond motifs is 1. The van der Waals surface area contributed by atoms with Gasteiger partial charge in [-0.25, -0.2) is 4.98 Å². The number of hydrogen-bond acceptors (Lipinski definition) is 4. The van der Waals surface area contributed by atoms with Crippen molar-refractivity contribution in [3.63, 3.8) is 0 Å². The summed E-state index contributed by atoms with van der Waals surface area (Å²) in [6, 6.07) is 21.8. The minimum Gasteiger partial charge on any atom is -0.497 e. The van der Waals surface area contributed by atoms with Gasteiger partial charge in [-0.15, -0.1) is 0 Å². The fraction of sp³-hybridized carbons (Fsp3) is 0.355. The summed E-state index contributed by atoms with van der Waals surface area (Å²) in [5.74, 6) is 3.10. The number of carbonyl (C=O) groups is 1. The van der Waals surface area contributed by atoms with Crippen LogP contribution in [0.2, 0.25) is 0 Å². The summed E-state index contributed by atoms with van der Waals surface area (Å²) in [5.41, 5.74) is 5.22. The van der Waals surface area contributed by atoms with Crippen LogP contribution in [-0.4, -0.2) is 35.7 Å². The molecule has 1 aromatic heterocycles. The normalized spacial score (nSPS) is 11.2. The molecule has 0 saturated heterocycles. The first-order valence-electron chi connectivity index (χ1n) is 13.1. The lowest BCUT2D eigenvalue weighted by atomic mass is 10.0. The molecule has 0 aliphatic heterocycles. The van der Waals surface area contributed by atoms with Gasteiger partial charge in [0.2, 0.25) is 0 Å². The van der Waals surface area contributed by atoms with Crippen LogP contribution in [-0.2, 0) is 13.0 Å². The number of ether oxygens (including phenoxy) is 2. The lowest BCUT2D eigenvalue weighted by Crippen LogP contribution is -2.25. The Bertz CT molecular complexity index is 1330. The van der Waals surface area contributed by atoms with Gasteiger partial charge in [0.25, 0.3) is 5.91 Å². The molecule has 0 aliphatic rings. The van der Waals surface area contributed by atoms with E-state index in [1.165, 1.54) is 11.1 Å². The van der Waals surface area contributed by atoms with Crippen molar-refractivity contribution < 1.29 is 14.3 Å². The monoisotopic (exact) mass is 499 g/mol. The minimum atomic E-state index is -0.0785. The number of carbonyl (C=O) groups excluding carboxylic acids is 1. The van der Waals surface area contributed by atoms with Gasteiger partial charge < -0.3 is 19.4 Å². The summed E-state index contributed by atoms with van der Waals surface area (Å²) in [6.07, 6.45) is 2.48. The average molecular weight is 500 g/mol. The van der Waals surface area contributed by atoms with Gasteiger partial charge in [-0.05, 0) is 79.3 Å². The highest BCUT2D eigenvalue weighted by molar-refractivity contribution is 5.94. The van der Waals surface area contributed by atoms with E-state index in [-0.39, 0.29) is 5.91 Å². The van der Waals surface area contributed by atoms with Crippen molar-refractivity contribution in [3.05, 3.63) is 89.2 Å². The molecule has 6 heteroatoms. The third-order valence-corrected chi connectivity index (χ3v) is 6.52. The standard InChI is InChI=1S/C31H37N3O3/c1-22(2)26-17-12-23(3)21-29(26)37-20-8-19-34-28-10-6-5-9-27(28)33-30(34)11-7-18-32-31(35)24-13-15-25(36-4)16-14-24/h5-6,9-10,12-17,21-22H,7-8,11,18-20H2,1-4H3,(H,32,35). The van der Waals surface area contributed by atoms with Gasteiger partial charge in [0.15, 0.2) is 0 Å². The number of nitrogens with zero attached hydrogens (tertiary/aromatic N) is 2. The van der Waals surface area contributed by atoms with E-state index in [2.05, 4.69) is 67.1 Å². The van der Waals surface area contributed by atoms with Crippen LogP contribution in [0.15, 0.2) is 66.7 Å². The fourth-order valence-electron chi connectivity index (χ4n) is 4.51. The Kier molecular flexibility index (Phi) is 8.83. The van der Waals surface area contributed by atoms with Gasteiger partial charge in [0, 0.05) is 25.1 Å². The van der Waals surface area contributed by atoms with Crippen LogP contribution < -0.4 is 14.8 Å². The van der Waals surface area contributed by atoms with E-state index >= 15 is 0 Å². The molecule has 194 valence electrons. The Morgan fingerprint density at radius 3 is 2.57 bits per heavy atom. The molecule has 0 atom stereocenters. The largest absolute Gasteiger partial charge is 0.497 e. The van der Waals surface area contributed by atoms with E-state index < -0.39 is 0 Å². The maximum absolute atomic E-state index is 12.5. The Labute approximate surface area is 219 Å². The molecule has 1 N–H and O–H groups in total. The second-order valence-corrected chi connectivity index (χ2v) is 9.65. The van der Waals surface area contributed by atoms with Crippen molar-refractivity contribution in [3.8, 4) is 11.5 Å². The molecule has 1 heterocycles. The van der Waals surface area contributed by atoms with Crippen molar-refractivity contribution in [1.29, 1.82) is 0 Å². The molecule has 0 radical (unpaired) electrons. The first-order chi connectivity index (χ1) is 18.0. The first kappa shape index (κ1) is 26.3. The fourth-order valence-corrected chi connectivity index (χ4v) is 4.51. The number of nitrogens with one attached hydrogen (secondary N) is 1. The van der Waals surface area contributed by atoms with E-state index in [4.69, 9.17) is 14.5 Å². The lowest BCUT2D eigenvalue weighted by molar-refractivity contribution is 0.0953. The van der Waals surface area contributed by atoms with Crippen LogP contribution >= 0.6 is 0 Å². The lowest BCUT2D eigenvalue weighted by Gasteiger charge is -2.15. The summed E-state index contributed by atoms with van der Waals surface area (Å²) in [5, 5.41) is 3.01. The molecule has 6 nitrogen and oxygen atoms in total. The van der Waals surface area contributed by atoms with Crippen LogP contribution in [0.5, 0.6) is 11.5 Å². The van der Waals surface area contributed by atoms with E-state index in [0.29, 0.717) is 24.6 Å². The zero-order valence-electron chi connectivity index (χ0n) is 22.3. The average Bonchev–Trinajstić information content (AvgIpc) is 3.26. The van der Waals surface area contributed by atoms with Crippen LogP contribution in [0.3, 0.4) is 0 Å². The number of rotatable bonds is 12. The molecule has 0 aliphatic carbocycles. The summed E-state index contributed by atoms with van der Waals surface area (Å²) in [7, 11) is 1.61. The minimum absolute atomic E-state index is 0.0785. The molecular weight excluding hydrogens is 462 g/mol. The highest BCUT2D eigenvalue weighted by Crippen LogP contribution is 2.27. The molecule has 3 aromatic carbocycles. The predicted octanol–water partition coefficient (Wildman–Crippen LogP) is 6.31. The van der Waals surface area contributed by atoms with E-state index in [1.807, 2.05) is 6.07 Å². The Hall–Kier alpha value is -3.80. The van der Waals surface area contributed by atoms with Gasteiger partial charge in [-0.3, -0.25) is 4.79 Å². The Morgan fingerprint density at radius 2 is 1.81 bits per heavy atom.